The molecule has 0 spiro atoms. The minimum Gasteiger partial charge on any atom is -0.545 e. The average Bonchev–Trinajstić information content (AvgIpc) is 2.70. The van der Waals surface area contributed by atoms with Gasteiger partial charge in [0.1, 0.15) is 17.9 Å². The maximum Gasteiger partial charge on any atom is 0.341 e. The standard InChI is InChI=1S/2C8H6Cl2O3.C5H14NO/c2*1-13-7-5(10)3-2-4(9)6(7)8(11)12;1-6(2,3)4-5-7/h2*2-3H,1H3,(H,11,12);7H,4-5H2,1-3H3/q;;+1/p-1. The van der Waals surface area contributed by atoms with Crippen LogP contribution in [0.5, 0.6) is 11.5 Å². The summed E-state index contributed by atoms with van der Waals surface area (Å²) in [6, 6.07) is 5.72. The summed E-state index contributed by atoms with van der Waals surface area (Å²) >= 11 is 22.6. The zero-order valence-electron chi connectivity index (χ0n) is 18.6. The van der Waals surface area contributed by atoms with Gasteiger partial charge in [0.15, 0.2) is 5.75 Å². The number of aliphatic hydroxyl groups excluding tert-OH is 1. The largest absolute Gasteiger partial charge is 0.545 e. The van der Waals surface area contributed by atoms with Gasteiger partial charge >= 0.3 is 5.97 Å². The Balaban J connectivity index is 0.000000490. The molecule has 0 atom stereocenters. The summed E-state index contributed by atoms with van der Waals surface area (Å²) < 4.78 is 10.4. The zero-order chi connectivity index (χ0) is 25.9. The van der Waals surface area contributed by atoms with E-state index in [1.807, 2.05) is 0 Å². The second kappa shape index (κ2) is 14.3. The number of benzene rings is 2. The molecule has 0 amide bonds. The monoisotopic (exact) mass is 543 g/mol. The van der Waals surface area contributed by atoms with Gasteiger partial charge in [-0.05, 0) is 24.3 Å². The topological polar surface area (TPSA) is 116 Å². The Bertz CT molecular complexity index is 893. The number of carbonyl (C=O) groups excluding carboxylic acids is 1. The second-order valence-corrected chi connectivity index (χ2v) is 8.83. The first kappa shape index (κ1) is 31.1. The molecule has 0 saturated carbocycles. The van der Waals surface area contributed by atoms with Crippen LogP contribution in [0.15, 0.2) is 24.3 Å². The highest BCUT2D eigenvalue weighted by Crippen LogP contribution is 2.34. The van der Waals surface area contributed by atoms with E-state index in [1.165, 1.54) is 38.5 Å². The van der Waals surface area contributed by atoms with Gasteiger partial charge in [-0.2, -0.15) is 0 Å². The molecule has 2 aromatic carbocycles. The van der Waals surface area contributed by atoms with E-state index in [9.17, 15) is 14.7 Å². The quantitative estimate of drug-likeness (QED) is 0.532. The molecule has 0 aliphatic carbocycles. The summed E-state index contributed by atoms with van der Waals surface area (Å²) in [6.07, 6.45) is 0. The molecule has 0 aliphatic rings. The first-order chi connectivity index (χ1) is 15.2. The number of aromatic carboxylic acids is 2. The van der Waals surface area contributed by atoms with Crippen molar-refractivity contribution in [3.05, 3.63) is 55.5 Å². The molecule has 33 heavy (non-hydrogen) atoms. The predicted molar refractivity (Wildman–Crippen MR) is 127 cm³/mol. The highest BCUT2D eigenvalue weighted by atomic mass is 35.5. The molecule has 0 saturated heterocycles. The third kappa shape index (κ3) is 10.2. The van der Waals surface area contributed by atoms with Crippen LogP contribution in [0.4, 0.5) is 0 Å². The van der Waals surface area contributed by atoms with Crippen LogP contribution >= 0.6 is 46.4 Å². The molecule has 8 nitrogen and oxygen atoms in total. The number of carboxylic acid groups (broad SMARTS) is 2. The summed E-state index contributed by atoms with van der Waals surface area (Å²) in [7, 11) is 8.80. The number of aliphatic hydroxyl groups is 1. The first-order valence-corrected chi connectivity index (χ1v) is 10.6. The van der Waals surface area contributed by atoms with Crippen molar-refractivity contribution < 1.29 is 38.9 Å². The van der Waals surface area contributed by atoms with Gasteiger partial charge in [0.25, 0.3) is 0 Å². The molecule has 0 bridgehead atoms. The molecule has 0 aromatic heterocycles. The minimum atomic E-state index is -1.41. The highest BCUT2D eigenvalue weighted by Gasteiger charge is 2.18. The fraction of sp³-hybridized carbons (Fsp3) is 0.333. The summed E-state index contributed by atoms with van der Waals surface area (Å²) in [4.78, 5) is 21.4. The number of methoxy groups -OCH3 is 2. The van der Waals surface area contributed by atoms with Crippen molar-refractivity contribution >= 4 is 58.3 Å². The number of halogens is 4. The van der Waals surface area contributed by atoms with Crippen LogP contribution in [0.1, 0.15) is 20.7 Å². The van der Waals surface area contributed by atoms with Crippen molar-refractivity contribution in [3.8, 4) is 11.5 Å². The van der Waals surface area contributed by atoms with Crippen molar-refractivity contribution in [2.45, 2.75) is 0 Å². The molecule has 0 unspecified atom stereocenters. The summed E-state index contributed by atoms with van der Waals surface area (Å²) in [6.45, 7) is 1.11. The van der Waals surface area contributed by atoms with Gasteiger partial charge in [0.05, 0.1) is 73.6 Å². The van der Waals surface area contributed by atoms with Crippen LogP contribution < -0.4 is 14.6 Å². The van der Waals surface area contributed by atoms with Crippen molar-refractivity contribution in [1.82, 2.24) is 0 Å². The lowest BCUT2D eigenvalue weighted by atomic mass is 10.2. The molecule has 2 rings (SSSR count). The number of rotatable bonds is 6. The average molecular weight is 545 g/mol. The van der Waals surface area contributed by atoms with Crippen molar-refractivity contribution in [1.29, 1.82) is 0 Å². The summed E-state index contributed by atoms with van der Waals surface area (Å²) in [5.74, 6) is -2.47. The third-order valence-corrected chi connectivity index (χ3v) is 4.94. The minimum absolute atomic E-state index is 0.0224. The van der Waals surface area contributed by atoms with E-state index < -0.39 is 11.9 Å². The second-order valence-electron chi connectivity index (χ2n) is 7.21. The number of likely N-dealkylation sites (N-methyl/N-ethyl adjacent to an activating group) is 1. The normalized spacial score (nSPS) is 10.2. The van der Waals surface area contributed by atoms with Crippen LogP contribution in [0.3, 0.4) is 0 Å². The number of hydrogen-bond donors (Lipinski definition) is 2. The first-order valence-electron chi connectivity index (χ1n) is 9.11. The van der Waals surface area contributed by atoms with Gasteiger partial charge in [-0.15, -0.1) is 0 Å². The molecule has 0 fully saturated rings. The molecule has 0 heterocycles. The van der Waals surface area contributed by atoms with Crippen LogP contribution in [-0.4, -0.2) is 75.1 Å². The maximum atomic E-state index is 10.7. The lowest BCUT2D eigenvalue weighted by molar-refractivity contribution is -0.870. The number of carbonyl (C=O) groups is 2. The maximum absolute atomic E-state index is 10.7. The third-order valence-electron chi connectivity index (χ3n) is 3.71. The van der Waals surface area contributed by atoms with E-state index in [0.29, 0.717) is 0 Å². The van der Waals surface area contributed by atoms with Gasteiger partial charge in [-0.1, -0.05) is 46.4 Å². The van der Waals surface area contributed by atoms with Gasteiger partial charge in [-0.3, -0.25) is 0 Å². The Morgan fingerprint density at radius 1 is 0.848 bits per heavy atom. The van der Waals surface area contributed by atoms with Crippen molar-refractivity contribution in [2.75, 3.05) is 48.5 Å². The molecule has 2 N–H and O–H groups in total. The smallest absolute Gasteiger partial charge is 0.341 e. The van der Waals surface area contributed by atoms with Crippen LogP contribution in [0.25, 0.3) is 0 Å². The zero-order valence-corrected chi connectivity index (χ0v) is 21.6. The molecule has 2 aromatic rings. The van der Waals surface area contributed by atoms with Crippen molar-refractivity contribution in [3.63, 3.8) is 0 Å². The fourth-order valence-corrected chi connectivity index (χ4v) is 3.08. The number of ether oxygens (including phenoxy) is 2. The Hall–Kier alpha value is -1.94. The molecule has 0 aliphatic heterocycles. The van der Waals surface area contributed by atoms with Crippen molar-refractivity contribution in [2.24, 2.45) is 0 Å². The molecule has 0 radical (unpaired) electrons. The number of carboxylic acids is 2. The lowest BCUT2D eigenvalue weighted by Crippen LogP contribution is -2.36. The fourth-order valence-electron chi connectivity index (χ4n) is 2.16. The summed E-state index contributed by atoms with van der Waals surface area (Å²) in [5.41, 5.74) is -0.340. The van der Waals surface area contributed by atoms with E-state index in [0.717, 1.165) is 11.0 Å². The van der Waals surface area contributed by atoms with E-state index in [-0.39, 0.29) is 49.3 Å². The van der Waals surface area contributed by atoms with Crippen LogP contribution in [-0.2, 0) is 0 Å². The predicted octanol–water partition coefficient (Wildman–Crippen LogP) is 3.75. The Morgan fingerprint density at radius 3 is 1.42 bits per heavy atom. The van der Waals surface area contributed by atoms with E-state index in [1.54, 1.807) is 0 Å². The Morgan fingerprint density at radius 2 is 1.21 bits per heavy atom. The molecular formula is C21H25Cl4NO7. The van der Waals surface area contributed by atoms with Gasteiger partial charge in [-0.25, -0.2) is 4.79 Å². The van der Waals surface area contributed by atoms with Crippen LogP contribution in [0.2, 0.25) is 20.1 Å². The SMILES string of the molecule is COc1c(Cl)ccc(Cl)c1C(=O)O.COc1c(Cl)ccc(Cl)c1C(=O)[O-].C[N+](C)(C)CCO. The Kier molecular flexibility index (Phi) is 13.5. The molecule has 12 heteroatoms. The molecular weight excluding hydrogens is 520 g/mol. The Labute approximate surface area is 212 Å². The summed E-state index contributed by atoms with van der Waals surface area (Å²) in [5, 5.41) is 28.3. The number of nitrogens with zero attached hydrogens (tertiary/aromatic N) is 1. The van der Waals surface area contributed by atoms with E-state index in [4.69, 9.17) is 66.1 Å². The van der Waals surface area contributed by atoms with Crippen LogP contribution in [0, 0.1) is 0 Å². The highest BCUT2D eigenvalue weighted by molar-refractivity contribution is 6.37. The van der Waals surface area contributed by atoms with Gasteiger partial charge < -0.3 is 34.1 Å². The van der Waals surface area contributed by atoms with E-state index in [2.05, 4.69) is 21.1 Å². The molecule has 184 valence electrons. The lowest BCUT2D eigenvalue weighted by Gasteiger charge is -2.21. The van der Waals surface area contributed by atoms with E-state index >= 15 is 0 Å². The van der Waals surface area contributed by atoms with Gasteiger partial charge in [0, 0.05) is 0 Å². The number of quaternary nitrogens is 1. The van der Waals surface area contributed by atoms with Gasteiger partial charge in [0.2, 0.25) is 0 Å². The number of hydrogen-bond acceptors (Lipinski definition) is 6.